The maximum atomic E-state index is 13.4. The van der Waals surface area contributed by atoms with Gasteiger partial charge in [-0.3, -0.25) is 4.72 Å². The lowest BCUT2D eigenvalue weighted by Crippen LogP contribution is -2.15. The molecule has 0 unspecified atom stereocenters. The van der Waals surface area contributed by atoms with Gasteiger partial charge in [-0.25, -0.2) is 17.2 Å². The predicted octanol–water partition coefficient (Wildman–Crippen LogP) is 3.07. The zero-order valence-electron chi connectivity index (χ0n) is 10.0. The molecule has 19 heavy (non-hydrogen) atoms. The van der Waals surface area contributed by atoms with E-state index < -0.39 is 21.7 Å². The number of aryl methyl sites for hydroxylation is 1. The van der Waals surface area contributed by atoms with Crippen LogP contribution in [0.25, 0.3) is 0 Å². The van der Waals surface area contributed by atoms with Gasteiger partial charge in [-0.15, -0.1) is 0 Å². The number of sulfonamides is 1. The third-order valence-electron chi connectivity index (χ3n) is 2.56. The average Bonchev–Trinajstić information content (AvgIpc) is 2.33. The summed E-state index contributed by atoms with van der Waals surface area (Å²) < 4.78 is 52.5. The number of benzene rings is 2. The highest BCUT2D eigenvalue weighted by atomic mass is 32.2. The lowest BCUT2D eigenvalue weighted by atomic mass is 10.2. The van der Waals surface area contributed by atoms with Crippen molar-refractivity contribution >= 4 is 15.7 Å². The Morgan fingerprint density at radius 3 is 2.37 bits per heavy atom. The van der Waals surface area contributed by atoms with Crippen LogP contribution in [0, 0.1) is 18.6 Å². The third kappa shape index (κ3) is 2.90. The molecule has 0 aliphatic rings. The summed E-state index contributed by atoms with van der Waals surface area (Å²) in [4.78, 5) is 0.0544. The van der Waals surface area contributed by atoms with Crippen molar-refractivity contribution in [3.8, 4) is 0 Å². The van der Waals surface area contributed by atoms with Gasteiger partial charge in [0.25, 0.3) is 10.0 Å². The van der Waals surface area contributed by atoms with Crippen molar-refractivity contribution in [3.63, 3.8) is 0 Å². The Hall–Kier alpha value is -1.95. The van der Waals surface area contributed by atoms with Crippen LogP contribution in [0.1, 0.15) is 5.56 Å². The first kappa shape index (κ1) is 13.5. The van der Waals surface area contributed by atoms with Crippen molar-refractivity contribution in [1.29, 1.82) is 0 Å². The minimum absolute atomic E-state index is 0.0544. The van der Waals surface area contributed by atoms with Crippen LogP contribution < -0.4 is 4.72 Å². The summed E-state index contributed by atoms with van der Waals surface area (Å²) >= 11 is 0. The molecular formula is C13H11F2NO2S. The van der Waals surface area contributed by atoms with Gasteiger partial charge in [0, 0.05) is 6.07 Å². The number of hydrogen-bond donors (Lipinski definition) is 1. The summed E-state index contributed by atoms with van der Waals surface area (Å²) in [6.45, 7) is 1.63. The highest BCUT2D eigenvalue weighted by molar-refractivity contribution is 7.92. The standard InChI is InChI=1S/C13H11F2NO2S/c1-9-4-2-3-5-13(9)19(17,18)16-12-7-6-10(14)8-11(12)15/h2-8,16H,1H3. The van der Waals surface area contributed by atoms with Gasteiger partial charge in [0.15, 0.2) is 0 Å². The molecule has 0 aromatic heterocycles. The van der Waals surface area contributed by atoms with E-state index in [1.165, 1.54) is 6.07 Å². The van der Waals surface area contributed by atoms with Crippen molar-refractivity contribution in [3.05, 3.63) is 59.7 Å². The van der Waals surface area contributed by atoms with Crippen molar-refractivity contribution < 1.29 is 17.2 Å². The summed E-state index contributed by atoms with van der Waals surface area (Å²) in [6, 6.07) is 8.97. The first-order chi connectivity index (χ1) is 8.90. The fourth-order valence-electron chi connectivity index (χ4n) is 1.63. The molecule has 1 N–H and O–H groups in total. The molecule has 0 saturated heterocycles. The third-order valence-corrected chi connectivity index (χ3v) is 4.08. The largest absolute Gasteiger partial charge is 0.277 e. The number of anilines is 1. The molecule has 0 amide bonds. The normalized spacial score (nSPS) is 11.3. The Labute approximate surface area is 109 Å². The molecule has 100 valence electrons. The van der Waals surface area contributed by atoms with Crippen LogP contribution >= 0.6 is 0 Å². The van der Waals surface area contributed by atoms with E-state index in [0.717, 1.165) is 12.1 Å². The first-order valence-corrected chi connectivity index (χ1v) is 6.92. The summed E-state index contributed by atoms with van der Waals surface area (Å²) in [7, 11) is -3.89. The quantitative estimate of drug-likeness (QED) is 0.941. The van der Waals surface area contributed by atoms with E-state index in [9.17, 15) is 17.2 Å². The molecule has 0 fully saturated rings. The Kier molecular flexibility index (Phi) is 3.53. The number of nitrogens with one attached hydrogen (secondary N) is 1. The Morgan fingerprint density at radius 1 is 1.05 bits per heavy atom. The number of halogens is 2. The molecular weight excluding hydrogens is 272 g/mol. The lowest BCUT2D eigenvalue weighted by molar-refractivity contribution is 0.582. The molecule has 3 nitrogen and oxygen atoms in total. The van der Waals surface area contributed by atoms with E-state index in [-0.39, 0.29) is 10.6 Å². The van der Waals surface area contributed by atoms with E-state index in [2.05, 4.69) is 4.72 Å². The average molecular weight is 283 g/mol. The van der Waals surface area contributed by atoms with Crippen molar-refractivity contribution in [2.24, 2.45) is 0 Å². The van der Waals surface area contributed by atoms with Crippen LogP contribution in [0.3, 0.4) is 0 Å². The highest BCUT2D eigenvalue weighted by Crippen LogP contribution is 2.21. The topological polar surface area (TPSA) is 46.2 Å². The monoisotopic (exact) mass is 283 g/mol. The Morgan fingerprint density at radius 2 is 1.74 bits per heavy atom. The van der Waals surface area contributed by atoms with Crippen LogP contribution in [0.4, 0.5) is 14.5 Å². The van der Waals surface area contributed by atoms with E-state index in [4.69, 9.17) is 0 Å². The summed E-state index contributed by atoms with van der Waals surface area (Å²) in [6.07, 6.45) is 0. The van der Waals surface area contributed by atoms with Crippen LogP contribution in [-0.4, -0.2) is 8.42 Å². The molecule has 0 saturated carbocycles. The molecule has 0 spiro atoms. The lowest BCUT2D eigenvalue weighted by Gasteiger charge is -2.10. The second kappa shape index (κ2) is 4.97. The van der Waals surface area contributed by atoms with Gasteiger partial charge in [0.1, 0.15) is 11.6 Å². The van der Waals surface area contributed by atoms with Crippen molar-refractivity contribution in [2.75, 3.05) is 4.72 Å². The fourth-order valence-corrected chi connectivity index (χ4v) is 2.94. The maximum absolute atomic E-state index is 13.4. The second-order valence-corrected chi connectivity index (χ2v) is 5.65. The predicted molar refractivity (Wildman–Crippen MR) is 68.3 cm³/mol. The smallest absolute Gasteiger partial charge is 0.262 e. The van der Waals surface area contributed by atoms with Gasteiger partial charge in [-0.05, 0) is 30.7 Å². The highest BCUT2D eigenvalue weighted by Gasteiger charge is 2.18. The summed E-state index contributed by atoms with van der Waals surface area (Å²) in [5.74, 6) is -1.73. The van der Waals surface area contributed by atoms with Gasteiger partial charge in [-0.2, -0.15) is 0 Å². The van der Waals surface area contributed by atoms with E-state index in [1.54, 1.807) is 25.1 Å². The molecule has 0 heterocycles. The molecule has 2 aromatic carbocycles. The second-order valence-electron chi connectivity index (χ2n) is 4.00. The van der Waals surface area contributed by atoms with Crippen LogP contribution in [0.2, 0.25) is 0 Å². The molecule has 0 radical (unpaired) electrons. The molecule has 0 atom stereocenters. The molecule has 6 heteroatoms. The molecule has 0 aliphatic heterocycles. The van der Waals surface area contributed by atoms with E-state index in [1.807, 2.05) is 0 Å². The Balaban J connectivity index is 2.40. The van der Waals surface area contributed by atoms with Gasteiger partial charge < -0.3 is 0 Å². The minimum atomic E-state index is -3.89. The van der Waals surface area contributed by atoms with E-state index >= 15 is 0 Å². The van der Waals surface area contributed by atoms with Gasteiger partial charge in [-0.1, -0.05) is 18.2 Å². The van der Waals surface area contributed by atoms with Gasteiger partial charge >= 0.3 is 0 Å². The molecule has 0 bridgehead atoms. The zero-order valence-corrected chi connectivity index (χ0v) is 10.8. The first-order valence-electron chi connectivity index (χ1n) is 5.43. The van der Waals surface area contributed by atoms with Crippen LogP contribution in [0.5, 0.6) is 0 Å². The van der Waals surface area contributed by atoms with Crippen molar-refractivity contribution in [2.45, 2.75) is 11.8 Å². The van der Waals surface area contributed by atoms with Gasteiger partial charge in [0.05, 0.1) is 10.6 Å². The molecule has 0 aliphatic carbocycles. The molecule has 2 aromatic rings. The van der Waals surface area contributed by atoms with Crippen LogP contribution in [0.15, 0.2) is 47.4 Å². The molecule has 2 rings (SSSR count). The minimum Gasteiger partial charge on any atom is -0.277 e. The van der Waals surface area contributed by atoms with E-state index in [0.29, 0.717) is 11.6 Å². The number of hydrogen-bond acceptors (Lipinski definition) is 2. The van der Waals surface area contributed by atoms with Gasteiger partial charge in [0.2, 0.25) is 0 Å². The Bertz CT molecular complexity index is 714. The summed E-state index contributed by atoms with van der Waals surface area (Å²) in [5.41, 5.74) is 0.252. The number of rotatable bonds is 3. The SMILES string of the molecule is Cc1ccccc1S(=O)(=O)Nc1ccc(F)cc1F. The zero-order chi connectivity index (χ0) is 14.0. The van der Waals surface area contributed by atoms with Crippen molar-refractivity contribution in [1.82, 2.24) is 0 Å². The van der Waals surface area contributed by atoms with Crippen LogP contribution in [-0.2, 0) is 10.0 Å². The summed E-state index contributed by atoms with van der Waals surface area (Å²) in [5, 5.41) is 0. The maximum Gasteiger partial charge on any atom is 0.262 e. The fraction of sp³-hybridized carbons (Fsp3) is 0.0769.